The van der Waals surface area contributed by atoms with Crippen LogP contribution in [-0.4, -0.2) is 33.9 Å². The van der Waals surface area contributed by atoms with Crippen LogP contribution in [0.2, 0.25) is 0 Å². The third kappa shape index (κ3) is 3.33. The molecule has 0 aromatic heterocycles. The molecule has 0 bridgehead atoms. The van der Waals surface area contributed by atoms with Crippen molar-refractivity contribution in [1.82, 2.24) is 10.6 Å². The lowest BCUT2D eigenvalue weighted by Crippen LogP contribution is -2.72. The van der Waals surface area contributed by atoms with Crippen LogP contribution in [0.15, 0.2) is 54.6 Å². The number of amides is 2. The highest BCUT2D eigenvalue weighted by atomic mass is 19.4. The quantitative estimate of drug-likeness (QED) is 0.615. The molecule has 0 unspecified atom stereocenters. The third-order valence-electron chi connectivity index (χ3n) is 4.38. The van der Waals surface area contributed by atoms with Crippen molar-refractivity contribution in [2.75, 3.05) is 0 Å². The van der Waals surface area contributed by atoms with Crippen molar-refractivity contribution >= 4 is 11.8 Å². The molecule has 2 aromatic rings. The number of phenolic OH excluding ortho intramolecular Hbond substituents is 1. The van der Waals surface area contributed by atoms with E-state index in [1.54, 1.807) is 6.07 Å². The maximum atomic E-state index is 13.7. The molecule has 142 valence electrons. The summed E-state index contributed by atoms with van der Waals surface area (Å²) < 4.78 is 41.1. The molecule has 0 aliphatic carbocycles. The minimum atomic E-state index is -5.32. The van der Waals surface area contributed by atoms with Crippen LogP contribution in [0.5, 0.6) is 5.75 Å². The molecule has 0 radical (unpaired) electrons. The SMILES string of the molecule is O=C1N[C@@H](c2cccc(O)c2)[C@H](C(=O)c2ccccc2)[C@](O)(C(F)(F)F)N1. The van der Waals surface area contributed by atoms with E-state index in [9.17, 15) is 33.0 Å². The van der Waals surface area contributed by atoms with Gasteiger partial charge >= 0.3 is 12.2 Å². The fourth-order valence-corrected chi connectivity index (χ4v) is 3.12. The molecule has 27 heavy (non-hydrogen) atoms. The number of phenols is 1. The van der Waals surface area contributed by atoms with Crippen molar-refractivity contribution in [1.29, 1.82) is 0 Å². The first-order valence-corrected chi connectivity index (χ1v) is 7.89. The van der Waals surface area contributed by atoms with Crippen LogP contribution in [0.25, 0.3) is 0 Å². The van der Waals surface area contributed by atoms with Crippen LogP contribution in [0.3, 0.4) is 0 Å². The molecule has 1 aliphatic heterocycles. The van der Waals surface area contributed by atoms with Crippen molar-refractivity contribution in [3.05, 3.63) is 65.7 Å². The fourth-order valence-electron chi connectivity index (χ4n) is 3.12. The van der Waals surface area contributed by atoms with E-state index < -0.39 is 35.7 Å². The predicted octanol–water partition coefficient (Wildman–Crippen LogP) is 2.50. The first kappa shape index (κ1) is 18.7. The van der Waals surface area contributed by atoms with Gasteiger partial charge in [0.05, 0.1) is 6.04 Å². The minimum Gasteiger partial charge on any atom is -0.508 e. The number of alkyl halides is 3. The van der Waals surface area contributed by atoms with Gasteiger partial charge in [-0.3, -0.25) is 4.79 Å². The second kappa shape index (κ2) is 6.58. The number of ketones is 1. The molecule has 2 amide bonds. The Bertz CT molecular complexity index is 872. The van der Waals surface area contributed by atoms with Crippen LogP contribution in [0, 0.1) is 5.92 Å². The molecule has 3 atom stereocenters. The fraction of sp³-hybridized carbons (Fsp3) is 0.222. The van der Waals surface area contributed by atoms with Gasteiger partial charge in [0.1, 0.15) is 11.7 Å². The highest BCUT2D eigenvalue weighted by molar-refractivity contribution is 6.00. The molecular formula is C18H15F3N2O4. The van der Waals surface area contributed by atoms with E-state index in [4.69, 9.17) is 0 Å². The topological polar surface area (TPSA) is 98.7 Å². The van der Waals surface area contributed by atoms with Gasteiger partial charge in [0, 0.05) is 5.56 Å². The average molecular weight is 380 g/mol. The van der Waals surface area contributed by atoms with Gasteiger partial charge in [-0.05, 0) is 17.7 Å². The number of Topliss-reactive ketones (excluding diaryl/α,β-unsaturated/α-hetero) is 1. The Hall–Kier alpha value is -3.07. The van der Waals surface area contributed by atoms with E-state index >= 15 is 0 Å². The number of carbonyl (C=O) groups is 2. The van der Waals surface area contributed by atoms with Crippen molar-refractivity contribution < 1.29 is 33.0 Å². The lowest BCUT2D eigenvalue weighted by atomic mass is 9.77. The molecule has 0 spiro atoms. The smallest absolute Gasteiger partial charge is 0.437 e. The van der Waals surface area contributed by atoms with Crippen molar-refractivity contribution in [3.8, 4) is 5.75 Å². The molecule has 1 fully saturated rings. The Labute approximate surface area is 151 Å². The molecule has 9 heteroatoms. The summed E-state index contributed by atoms with van der Waals surface area (Å²) in [5, 5.41) is 23.7. The van der Waals surface area contributed by atoms with Gasteiger partial charge in [-0.1, -0.05) is 42.5 Å². The summed E-state index contributed by atoms with van der Waals surface area (Å²) >= 11 is 0. The first-order valence-electron chi connectivity index (χ1n) is 7.89. The number of aliphatic hydroxyl groups is 1. The van der Waals surface area contributed by atoms with E-state index in [1.807, 2.05) is 0 Å². The summed E-state index contributed by atoms with van der Waals surface area (Å²) in [6.45, 7) is 0. The van der Waals surface area contributed by atoms with Crippen LogP contribution in [-0.2, 0) is 0 Å². The van der Waals surface area contributed by atoms with Crippen molar-refractivity contribution in [2.24, 2.45) is 5.92 Å². The lowest BCUT2D eigenvalue weighted by Gasteiger charge is -2.45. The van der Waals surface area contributed by atoms with Gasteiger partial charge in [-0.25, -0.2) is 4.79 Å². The summed E-state index contributed by atoms with van der Waals surface area (Å²) in [6.07, 6.45) is -5.32. The third-order valence-corrected chi connectivity index (χ3v) is 4.38. The number of halogens is 3. The van der Waals surface area contributed by atoms with E-state index in [0.717, 1.165) is 6.07 Å². The summed E-state index contributed by atoms with van der Waals surface area (Å²) in [6, 6.07) is 9.45. The molecular weight excluding hydrogens is 365 g/mol. The Balaban J connectivity index is 2.17. The molecule has 0 saturated carbocycles. The number of carbonyl (C=O) groups excluding carboxylic acids is 2. The second-order valence-corrected chi connectivity index (χ2v) is 6.14. The van der Waals surface area contributed by atoms with Crippen LogP contribution in [0.4, 0.5) is 18.0 Å². The standard InChI is InChI=1S/C18H15F3N2O4/c19-18(20,21)17(27)13(15(25)10-5-2-1-3-6-10)14(22-16(26)23-17)11-7-4-8-12(24)9-11/h1-9,13-14,24,27H,(H2,22,23,26)/t13-,14+,17+/m1/s1. The summed E-state index contributed by atoms with van der Waals surface area (Å²) in [4.78, 5) is 24.8. The number of benzene rings is 2. The predicted molar refractivity (Wildman–Crippen MR) is 87.8 cm³/mol. The van der Waals surface area contributed by atoms with Crippen molar-refractivity contribution in [3.63, 3.8) is 0 Å². The molecule has 3 rings (SSSR count). The first-order chi connectivity index (χ1) is 12.6. The highest BCUT2D eigenvalue weighted by Crippen LogP contribution is 2.44. The maximum Gasteiger partial charge on any atom is 0.437 e. The molecule has 6 nitrogen and oxygen atoms in total. The molecule has 1 saturated heterocycles. The van der Waals surface area contributed by atoms with Gasteiger partial charge in [0.2, 0.25) is 5.72 Å². The highest BCUT2D eigenvalue weighted by Gasteiger charge is 2.66. The number of hydrogen-bond donors (Lipinski definition) is 4. The molecule has 4 N–H and O–H groups in total. The molecule has 1 aliphatic rings. The number of aromatic hydroxyl groups is 1. The summed E-state index contributed by atoms with van der Waals surface area (Å²) in [5.41, 5.74) is -3.81. The van der Waals surface area contributed by atoms with Gasteiger partial charge in [-0.15, -0.1) is 0 Å². The van der Waals surface area contributed by atoms with E-state index in [2.05, 4.69) is 5.32 Å². The summed E-state index contributed by atoms with van der Waals surface area (Å²) in [5.74, 6) is -3.41. The van der Waals surface area contributed by atoms with Gasteiger partial charge in [-0.2, -0.15) is 13.2 Å². The zero-order valence-corrected chi connectivity index (χ0v) is 13.7. The van der Waals surface area contributed by atoms with Gasteiger partial charge < -0.3 is 20.8 Å². The number of rotatable bonds is 3. The zero-order valence-electron chi connectivity index (χ0n) is 13.7. The van der Waals surface area contributed by atoms with Gasteiger partial charge in [0.25, 0.3) is 0 Å². The van der Waals surface area contributed by atoms with E-state index in [0.29, 0.717) is 0 Å². The Kier molecular flexibility index (Phi) is 4.56. The Morgan fingerprint density at radius 1 is 1.07 bits per heavy atom. The Morgan fingerprint density at radius 3 is 2.33 bits per heavy atom. The monoisotopic (exact) mass is 380 g/mol. The molecule has 1 heterocycles. The van der Waals surface area contributed by atoms with Crippen LogP contribution < -0.4 is 10.6 Å². The average Bonchev–Trinajstić information content (AvgIpc) is 2.60. The maximum absolute atomic E-state index is 13.7. The molecule has 2 aromatic carbocycles. The Morgan fingerprint density at radius 2 is 1.74 bits per heavy atom. The van der Waals surface area contributed by atoms with Crippen LogP contribution in [0.1, 0.15) is 22.0 Å². The van der Waals surface area contributed by atoms with Crippen LogP contribution >= 0.6 is 0 Å². The number of nitrogens with one attached hydrogen (secondary N) is 2. The summed E-state index contributed by atoms with van der Waals surface area (Å²) in [7, 11) is 0. The van der Waals surface area contributed by atoms with E-state index in [-0.39, 0.29) is 16.9 Å². The lowest BCUT2D eigenvalue weighted by molar-refractivity contribution is -0.287. The van der Waals surface area contributed by atoms with Gasteiger partial charge in [0.15, 0.2) is 5.78 Å². The van der Waals surface area contributed by atoms with E-state index in [1.165, 1.54) is 47.8 Å². The largest absolute Gasteiger partial charge is 0.508 e. The van der Waals surface area contributed by atoms with Crippen molar-refractivity contribution in [2.45, 2.75) is 17.9 Å². The normalized spacial score (nSPS) is 25.4. The second-order valence-electron chi connectivity index (χ2n) is 6.14. The number of hydrogen-bond acceptors (Lipinski definition) is 4. The number of urea groups is 1. The zero-order chi connectivity index (χ0) is 19.8. The minimum absolute atomic E-state index is 0.0433.